The molecule has 0 aliphatic carbocycles. The quantitative estimate of drug-likeness (QED) is 0.479. The van der Waals surface area contributed by atoms with Crippen molar-refractivity contribution in [2.75, 3.05) is 32.4 Å². The summed E-state index contributed by atoms with van der Waals surface area (Å²) in [7, 11) is 4.42. The highest BCUT2D eigenvalue weighted by molar-refractivity contribution is 7.99. The highest BCUT2D eigenvalue weighted by Crippen LogP contribution is 2.44. The van der Waals surface area contributed by atoms with Gasteiger partial charge in [-0.1, -0.05) is 29.8 Å². The smallest absolute Gasteiger partial charge is 0.256 e. The number of methoxy groups -OCH3 is 3. The zero-order valence-corrected chi connectivity index (χ0v) is 21.2. The molecule has 9 heteroatoms. The van der Waals surface area contributed by atoms with Gasteiger partial charge in [-0.25, -0.2) is 4.39 Å². The Balaban J connectivity index is 1.72. The summed E-state index contributed by atoms with van der Waals surface area (Å²) in [5.74, 6) is 0.302. The molecule has 1 aliphatic rings. The lowest BCUT2D eigenvalue weighted by atomic mass is 10.1. The number of aryl methyl sites for hydroxylation is 1. The molecule has 36 heavy (non-hydrogen) atoms. The van der Waals surface area contributed by atoms with Gasteiger partial charge in [0.15, 0.2) is 11.5 Å². The van der Waals surface area contributed by atoms with Crippen LogP contribution in [-0.2, 0) is 4.79 Å². The van der Waals surface area contributed by atoms with E-state index < -0.39 is 17.3 Å². The van der Waals surface area contributed by atoms with Crippen LogP contribution in [0.15, 0.2) is 60.7 Å². The number of halogens is 1. The van der Waals surface area contributed by atoms with E-state index in [-0.39, 0.29) is 17.3 Å². The standard InChI is InChI=1S/C27H27FN2O5S/c1-16-5-11-20(12-6-16)29-25(31)21-15-36-27(17-7-9-19(28)10-8-17)30(21)26(32)18-13-22(33-2)24(35-4)23(14-18)34-3/h5-14,21,27H,15H2,1-4H3,(H,29,31). The summed E-state index contributed by atoms with van der Waals surface area (Å²) in [6.07, 6.45) is 0. The molecule has 0 bridgehead atoms. The maximum absolute atomic E-state index is 14.0. The highest BCUT2D eigenvalue weighted by Gasteiger charge is 2.43. The molecule has 3 aromatic rings. The number of rotatable bonds is 7. The third-order valence-corrected chi connectivity index (χ3v) is 7.25. The van der Waals surface area contributed by atoms with Crippen LogP contribution < -0.4 is 19.5 Å². The van der Waals surface area contributed by atoms with Crippen molar-refractivity contribution in [3.05, 3.63) is 83.2 Å². The maximum atomic E-state index is 14.0. The van der Waals surface area contributed by atoms with Crippen LogP contribution in [0.25, 0.3) is 0 Å². The summed E-state index contributed by atoms with van der Waals surface area (Å²) in [6.45, 7) is 1.96. The Bertz CT molecular complexity index is 1230. The zero-order chi connectivity index (χ0) is 25.8. The lowest BCUT2D eigenvalue weighted by molar-refractivity contribution is -0.119. The first-order chi connectivity index (χ1) is 17.4. The summed E-state index contributed by atoms with van der Waals surface area (Å²) in [5.41, 5.74) is 2.70. The number of anilines is 1. The molecule has 2 atom stereocenters. The number of hydrogen-bond donors (Lipinski definition) is 1. The first-order valence-electron chi connectivity index (χ1n) is 11.2. The Morgan fingerprint density at radius 2 is 1.56 bits per heavy atom. The molecular formula is C27H27FN2O5S. The van der Waals surface area contributed by atoms with Gasteiger partial charge in [-0.15, -0.1) is 11.8 Å². The van der Waals surface area contributed by atoms with E-state index in [1.807, 2.05) is 31.2 Å². The van der Waals surface area contributed by atoms with Crippen LogP contribution in [0.4, 0.5) is 10.1 Å². The van der Waals surface area contributed by atoms with Crippen molar-refractivity contribution in [3.8, 4) is 17.2 Å². The molecule has 7 nitrogen and oxygen atoms in total. The highest BCUT2D eigenvalue weighted by atomic mass is 32.2. The number of ether oxygens (including phenoxy) is 3. The normalized spacial score (nSPS) is 17.0. The van der Waals surface area contributed by atoms with E-state index in [0.29, 0.717) is 34.3 Å². The summed E-state index contributed by atoms with van der Waals surface area (Å²) in [5, 5.41) is 2.42. The van der Waals surface area contributed by atoms with Gasteiger partial charge in [0, 0.05) is 17.0 Å². The van der Waals surface area contributed by atoms with Gasteiger partial charge >= 0.3 is 0 Å². The van der Waals surface area contributed by atoms with Crippen molar-refractivity contribution in [1.82, 2.24) is 4.90 Å². The molecule has 0 spiro atoms. The van der Waals surface area contributed by atoms with Crippen molar-refractivity contribution < 1.29 is 28.2 Å². The second kappa shape index (κ2) is 10.9. The van der Waals surface area contributed by atoms with E-state index >= 15 is 0 Å². The van der Waals surface area contributed by atoms with Gasteiger partial charge in [-0.3, -0.25) is 9.59 Å². The van der Waals surface area contributed by atoms with Crippen molar-refractivity contribution in [3.63, 3.8) is 0 Å². The van der Waals surface area contributed by atoms with Crippen LogP contribution in [0, 0.1) is 12.7 Å². The fraction of sp³-hybridized carbons (Fsp3) is 0.259. The van der Waals surface area contributed by atoms with E-state index in [4.69, 9.17) is 14.2 Å². The van der Waals surface area contributed by atoms with E-state index in [2.05, 4.69) is 5.32 Å². The van der Waals surface area contributed by atoms with Crippen LogP contribution in [0.2, 0.25) is 0 Å². The number of thioether (sulfide) groups is 1. The number of benzene rings is 3. The molecule has 1 fully saturated rings. The molecule has 2 unspecified atom stereocenters. The van der Waals surface area contributed by atoms with Gasteiger partial charge in [0.05, 0.1) is 21.3 Å². The molecular weight excluding hydrogens is 483 g/mol. The molecule has 0 saturated carbocycles. The van der Waals surface area contributed by atoms with E-state index in [1.165, 1.54) is 50.1 Å². The summed E-state index contributed by atoms with van der Waals surface area (Å²) in [6, 6.07) is 15.7. The van der Waals surface area contributed by atoms with Crippen molar-refractivity contribution in [2.24, 2.45) is 0 Å². The minimum Gasteiger partial charge on any atom is -0.493 e. The molecule has 3 aromatic carbocycles. The predicted molar refractivity (Wildman–Crippen MR) is 137 cm³/mol. The second-order valence-corrected chi connectivity index (χ2v) is 9.35. The second-order valence-electron chi connectivity index (χ2n) is 8.23. The first kappa shape index (κ1) is 25.4. The lowest BCUT2D eigenvalue weighted by Gasteiger charge is -2.29. The van der Waals surface area contributed by atoms with E-state index in [9.17, 15) is 14.0 Å². The van der Waals surface area contributed by atoms with Crippen LogP contribution in [0.5, 0.6) is 17.2 Å². The van der Waals surface area contributed by atoms with Crippen LogP contribution >= 0.6 is 11.8 Å². The fourth-order valence-electron chi connectivity index (χ4n) is 4.06. The number of carbonyl (C=O) groups is 2. The monoisotopic (exact) mass is 510 g/mol. The van der Waals surface area contributed by atoms with Crippen LogP contribution in [0.3, 0.4) is 0 Å². The Labute approximate surface area is 213 Å². The number of carbonyl (C=O) groups excluding carboxylic acids is 2. The van der Waals surface area contributed by atoms with Gasteiger partial charge in [0.25, 0.3) is 5.91 Å². The molecule has 0 aromatic heterocycles. The maximum Gasteiger partial charge on any atom is 0.256 e. The molecule has 0 radical (unpaired) electrons. The van der Waals surface area contributed by atoms with E-state index in [1.54, 1.807) is 24.3 Å². The average Bonchev–Trinajstić information content (AvgIpc) is 3.34. The summed E-state index contributed by atoms with van der Waals surface area (Å²) >= 11 is 1.44. The number of amides is 2. The first-order valence-corrected chi connectivity index (χ1v) is 12.3. The largest absolute Gasteiger partial charge is 0.493 e. The van der Waals surface area contributed by atoms with Gasteiger partial charge in [-0.2, -0.15) is 0 Å². The van der Waals surface area contributed by atoms with Crippen molar-refractivity contribution >= 4 is 29.3 Å². The lowest BCUT2D eigenvalue weighted by Crippen LogP contribution is -2.45. The molecule has 1 saturated heterocycles. The fourth-order valence-corrected chi connectivity index (χ4v) is 5.49. The number of nitrogens with zero attached hydrogens (tertiary/aromatic N) is 1. The SMILES string of the molecule is COc1cc(C(=O)N2C(C(=O)Nc3ccc(C)cc3)CSC2c2ccc(F)cc2)cc(OC)c1OC. The minimum absolute atomic E-state index is 0.271. The molecule has 2 amide bonds. The number of hydrogen-bond acceptors (Lipinski definition) is 6. The third-order valence-electron chi connectivity index (χ3n) is 5.92. The summed E-state index contributed by atoms with van der Waals surface area (Å²) < 4.78 is 29.8. The van der Waals surface area contributed by atoms with Gasteiger partial charge in [0.1, 0.15) is 17.2 Å². The predicted octanol–water partition coefficient (Wildman–Crippen LogP) is 5.06. The molecule has 188 valence electrons. The molecule has 1 heterocycles. The topological polar surface area (TPSA) is 77.1 Å². The third kappa shape index (κ3) is 5.11. The molecule has 1 N–H and O–H groups in total. The Morgan fingerprint density at radius 3 is 2.11 bits per heavy atom. The van der Waals surface area contributed by atoms with Gasteiger partial charge in [-0.05, 0) is 48.9 Å². The Hall–Kier alpha value is -3.72. The van der Waals surface area contributed by atoms with Crippen molar-refractivity contribution in [2.45, 2.75) is 18.3 Å². The van der Waals surface area contributed by atoms with Gasteiger partial charge in [0.2, 0.25) is 11.7 Å². The molecule has 1 aliphatic heterocycles. The molecule has 4 rings (SSSR count). The zero-order valence-electron chi connectivity index (χ0n) is 20.4. The average molecular weight is 511 g/mol. The van der Waals surface area contributed by atoms with E-state index in [0.717, 1.165) is 5.56 Å². The minimum atomic E-state index is -0.766. The summed E-state index contributed by atoms with van der Waals surface area (Å²) in [4.78, 5) is 28.9. The number of nitrogens with one attached hydrogen (secondary N) is 1. The van der Waals surface area contributed by atoms with Crippen LogP contribution in [-0.4, -0.2) is 49.8 Å². The Morgan fingerprint density at radius 1 is 0.944 bits per heavy atom. The van der Waals surface area contributed by atoms with Crippen molar-refractivity contribution in [1.29, 1.82) is 0 Å². The Kier molecular flexibility index (Phi) is 7.69. The van der Waals surface area contributed by atoms with Crippen LogP contribution in [0.1, 0.15) is 26.9 Å². The van der Waals surface area contributed by atoms with Gasteiger partial charge < -0.3 is 24.4 Å².